The van der Waals surface area contributed by atoms with Crippen molar-refractivity contribution in [2.24, 2.45) is 0 Å². The number of amides is 1. The molecule has 4 rings (SSSR count). The first-order valence-corrected chi connectivity index (χ1v) is 12.3. The van der Waals surface area contributed by atoms with Crippen molar-refractivity contribution in [1.29, 1.82) is 0 Å². The summed E-state index contributed by atoms with van der Waals surface area (Å²) in [6, 6.07) is 1.18. The molecule has 1 saturated heterocycles. The zero-order valence-electron chi connectivity index (χ0n) is 19.8. The first kappa shape index (κ1) is 24.2. The Bertz CT molecular complexity index is 1200. The number of fused-ring (bicyclic) bond motifs is 1. The van der Waals surface area contributed by atoms with E-state index >= 15 is 0 Å². The quantitative estimate of drug-likeness (QED) is 0.487. The predicted octanol–water partition coefficient (Wildman–Crippen LogP) is 2.12. The maximum Gasteiger partial charge on any atom is 0.259 e. The molecule has 1 aliphatic heterocycles. The second-order valence-corrected chi connectivity index (χ2v) is 9.65. The number of carbonyl (C=O) groups is 1. The summed E-state index contributed by atoms with van der Waals surface area (Å²) < 4.78 is 16.6. The molecule has 11 heteroatoms. The lowest BCUT2D eigenvalue weighted by Gasteiger charge is -2.32. The number of likely N-dealkylation sites (N-methyl/N-ethyl adjacent to an activating group) is 1. The molecule has 0 bridgehead atoms. The van der Waals surface area contributed by atoms with Crippen molar-refractivity contribution in [2.75, 3.05) is 65.7 Å². The Morgan fingerprint density at radius 3 is 2.68 bits per heavy atom. The van der Waals surface area contributed by atoms with E-state index in [0.29, 0.717) is 24.8 Å². The van der Waals surface area contributed by atoms with E-state index in [9.17, 15) is 14.0 Å². The molecule has 1 aliphatic rings. The first-order valence-electron chi connectivity index (χ1n) is 11.4. The normalized spacial score (nSPS) is 14.8. The summed E-state index contributed by atoms with van der Waals surface area (Å²) in [5, 5.41) is 5.46. The van der Waals surface area contributed by atoms with Crippen LogP contribution in [0.5, 0.6) is 0 Å². The predicted molar refractivity (Wildman–Crippen MR) is 133 cm³/mol. The van der Waals surface area contributed by atoms with Gasteiger partial charge < -0.3 is 20.0 Å². The van der Waals surface area contributed by atoms with Gasteiger partial charge in [-0.3, -0.25) is 14.2 Å². The molecule has 4 heterocycles. The topological polar surface area (TPSA) is 86.6 Å². The van der Waals surface area contributed by atoms with E-state index in [4.69, 9.17) is 0 Å². The molecule has 0 radical (unpaired) electrons. The van der Waals surface area contributed by atoms with Crippen LogP contribution in [-0.2, 0) is 0 Å². The third-order valence-electron chi connectivity index (χ3n) is 5.90. The Morgan fingerprint density at radius 2 is 2.00 bits per heavy atom. The molecule has 34 heavy (non-hydrogen) atoms. The van der Waals surface area contributed by atoms with Crippen molar-refractivity contribution < 1.29 is 9.18 Å². The summed E-state index contributed by atoms with van der Waals surface area (Å²) in [4.78, 5) is 41.2. The third kappa shape index (κ3) is 5.26. The van der Waals surface area contributed by atoms with Crippen LogP contribution in [-0.4, -0.2) is 95.6 Å². The molecular weight excluding hydrogens is 457 g/mol. The van der Waals surface area contributed by atoms with Gasteiger partial charge in [0.05, 0.1) is 5.39 Å². The van der Waals surface area contributed by atoms with E-state index in [1.807, 2.05) is 21.1 Å². The molecule has 0 atom stereocenters. The highest BCUT2D eigenvalue weighted by atomic mass is 32.1. The Morgan fingerprint density at radius 1 is 1.24 bits per heavy atom. The summed E-state index contributed by atoms with van der Waals surface area (Å²) in [6.45, 7) is 4.05. The molecule has 1 amide bonds. The molecule has 0 aliphatic carbocycles. The lowest BCUT2D eigenvalue weighted by molar-refractivity contribution is 0.0662. The van der Waals surface area contributed by atoms with Crippen LogP contribution in [0.4, 0.5) is 10.2 Å². The highest BCUT2D eigenvalue weighted by molar-refractivity contribution is 7.12. The number of hydrogen-bond donors (Lipinski definition) is 1. The van der Waals surface area contributed by atoms with Crippen LogP contribution in [0, 0.1) is 5.82 Å². The molecule has 1 fully saturated rings. The van der Waals surface area contributed by atoms with Crippen LogP contribution in [0.2, 0.25) is 0 Å². The van der Waals surface area contributed by atoms with Gasteiger partial charge in [0.15, 0.2) is 22.4 Å². The van der Waals surface area contributed by atoms with Crippen LogP contribution < -0.4 is 10.7 Å². The monoisotopic (exact) mass is 487 g/mol. The maximum atomic E-state index is 14.9. The summed E-state index contributed by atoms with van der Waals surface area (Å²) >= 11 is 1.35. The van der Waals surface area contributed by atoms with Crippen molar-refractivity contribution in [2.45, 2.75) is 12.8 Å². The summed E-state index contributed by atoms with van der Waals surface area (Å²) in [7, 11) is 6.02. The van der Waals surface area contributed by atoms with Crippen molar-refractivity contribution in [3.63, 3.8) is 0 Å². The molecule has 0 unspecified atom stereocenters. The summed E-state index contributed by atoms with van der Waals surface area (Å²) in [5.41, 5.74) is -0.249. The molecule has 0 spiro atoms. The largest absolute Gasteiger partial charge is 0.368 e. The fourth-order valence-electron chi connectivity index (χ4n) is 3.92. The van der Waals surface area contributed by atoms with E-state index < -0.39 is 11.2 Å². The zero-order chi connectivity index (χ0) is 24.2. The number of halogens is 1. The number of nitrogens with zero attached hydrogens (tertiary/aromatic N) is 6. The molecule has 9 nitrogen and oxygen atoms in total. The number of rotatable bonds is 8. The van der Waals surface area contributed by atoms with Gasteiger partial charge in [-0.15, -0.1) is 11.3 Å². The number of aromatic nitrogens is 3. The first-order chi connectivity index (χ1) is 16.3. The SMILES string of the molecule is CN(C)CCCCNc1nc2c(cc1F)c(=O)c(C(=O)N1CCN(C)CC1)cn2-c1nccs1. The number of carbonyl (C=O) groups excluding carboxylic acids is 1. The number of pyridine rings is 2. The van der Waals surface area contributed by atoms with Crippen molar-refractivity contribution in [1.82, 2.24) is 29.2 Å². The zero-order valence-corrected chi connectivity index (χ0v) is 20.6. The molecule has 182 valence electrons. The highest BCUT2D eigenvalue weighted by Gasteiger charge is 2.25. The van der Waals surface area contributed by atoms with E-state index in [-0.39, 0.29) is 28.3 Å². The van der Waals surface area contributed by atoms with Gasteiger partial charge in [-0.2, -0.15) is 0 Å². The molecular formula is C23H30FN7O2S. The number of unbranched alkanes of at least 4 members (excludes halogenated alkanes) is 1. The molecule has 0 saturated carbocycles. The average molecular weight is 488 g/mol. The van der Waals surface area contributed by atoms with E-state index in [1.165, 1.54) is 23.6 Å². The minimum absolute atomic E-state index is 0.00199. The number of piperazine rings is 1. The van der Waals surface area contributed by atoms with Crippen molar-refractivity contribution >= 4 is 34.1 Å². The van der Waals surface area contributed by atoms with Crippen LogP contribution >= 0.6 is 11.3 Å². The Hall–Kier alpha value is -2.89. The smallest absolute Gasteiger partial charge is 0.259 e. The number of nitrogens with one attached hydrogen (secondary N) is 1. The van der Waals surface area contributed by atoms with Gasteiger partial charge in [-0.25, -0.2) is 14.4 Å². The van der Waals surface area contributed by atoms with Gasteiger partial charge in [0.1, 0.15) is 5.56 Å². The van der Waals surface area contributed by atoms with Crippen molar-refractivity contribution in [3.8, 4) is 5.13 Å². The number of hydrogen-bond acceptors (Lipinski definition) is 8. The lowest BCUT2D eigenvalue weighted by Crippen LogP contribution is -2.48. The maximum absolute atomic E-state index is 14.9. The lowest BCUT2D eigenvalue weighted by atomic mass is 10.1. The van der Waals surface area contributed by atoms with Crippen LogP contribution in [0.3, 0.4) is 0 Å². The van der Waals surface area contributed by atoms with Gasteiger partial charge in [-0.1, -0.05) is 0 Å². The molecule has 1 N–H and O–H groups in total. The Kier molecular flexibility index (Phi) is 7.54. The van der Waals surface area contributed by atoms with Crippen molar-refractivity contribution in [3.05, 3.63) is 45.4 Å². The number of anilines is 1. The Balaban J connectivity index is 1.70. The standard InChI is InChI=1S/C23H30FN7O2S/c1-28(2)8-5-4-6-25-20-18(24)14-16-19(32)17(22(33)30-11-9-29(3)10-12-30)15-31(21(16)27-20)23-26-7-13-34-23/h7,13-15H,4-6,8-12H2,1-3H3,(H,25,27). The molecule has 3 aromatic rings. The molecule has 3 aromatic heterocycles. The van der Waals surface area contributed by atoms with Gasteiger partial charge in [0.2, 0.25) is 5.43 Å². The highest BCUT2D eigenvalue weighted by Crippen LogP contribution is 2.23. The third-order valence-corrected chi connectivity index (χ3v) is 6.67. The van der Waals surface area contributed by atoms with Crippen LogP contribution in [0.25, 0.3) is 16.2 Å². The average Bonchev–Trinajstić information content (AvgIpc) is 3.34. The fourth-order valence-corrected chi connectivity index (χ4v) is 4.54. The van der Waals surface area contributed by atoms with Gasteiger partial charge in [-0.05, 0) is 46.6 Å². The molecule has 0 aromatic carbocycles. The van der Waals surface area contributed by atoms with Gasteiger partial charge >= 0.3 is 0 Å². The second kappa shape index (κ2) is 10.6. The second-order valence-electron chi connectivity index (χ2n) is 8.78. The Labute approximate surface area is 201 Å². The van der Waals surface area contributed by atoms with Crippen LogP contribution in [0.1, 0.15) is 23.2 Å². The fraction of sp³-hybridized carbons (Fsp3) is 0.478. The summed E-state index contributed by atoms with van der Waals surface area (Å²) in [6.07, 6.45) is 4.96. The van der Waals surface area contributed by atoms with E-state index in [2.05, 4.69) is 25.1 Å². The van der Waals surface area contributed by atoms with Gasteiger partial charge in [0.25, 0.3) is 5.91 Å². The van der Waals surface area contributed by atoms with Gasteiger partial charge in [0, 0.05) is 50.5 Å². The minimum atomic E-state index is -0.618. The van der Waals surface area contributed by atoms with Crippen LogP contribution in [0.15, 0.2) is 28.6 Å². The number of thiazole rings is 1. The summed E-state index contributed by atoms with van der Waals surface area (Å²) in [5.74, 6) is -0.888. The van der Waals surface area contributed by atoms with E-state index in [0.717, 1.165) is 32.5 Å². The van der Waals surface area contributed by atoms with E-state index in [1.54, 1.807) is 21.0 Å². The minimum Gasteiger partial charge on any atom is -0.368 e.